The number of benzene rings is 1. The van der Waals surface area contributed by atoms with Crippen molar-refractivity contribution in [2.24, 2.45) is 0 Å². The van der Waals surface area contributed by atoms with Gasteiger partial charge in [0.25, 0.3) is 5.91 Å². The summed E-state index contributed by atoms with van der Waals surface area (Å²) in [5.74, 6) is -0.0722. The van der Waals surface area contributed by atoms with Crippen LogP contribution in [0.25, 0.3) is 10.1 Å². The average molecular weight is 295 g/mol. The summed E-state index contributed by atoms with van der Waals surface area (Å²) < 4.78 is 0.991. The summed E-state index contributed by atoms with van der Waals surface area (Å²) in [7, 11) is 0. The summed E-state index contributed by atoms with van der Waals surface area (Å²) in [6.07, 6.45) is 3.25. The normalized spacial score (nSPS) is 17.2. The van der Waals surface area contributed by atoms with Crippen molar-refractivity contribution < 1.29 is 4.79 Å². The minimum Gasteiger partial charge on any atom is -0.397 e. The average Bonchev–Trinajstić information content (AvgIpc) is 2.65. The zero-order chi connectivity index (χ0) is 13.6. The second-order valence-corrected chi connectivity index (χ2v) is 6.84. The van der Waals surface area contributed by atoms with Crippen LogP contribution in [0.15, 0.2) is 18.2 Å². The van der Waals surface area contributed by atoms with E-state index in [9.17, 15) is 4.79 Å². The first-order valence-electron chi connectivity index (χ1n) is 6.29. The predicted molar refractivity (Wildman–Crippen MR) is 81.0 cm³/mol. The number of anilines is 1. The third kappa shape index (κ3) is 2.19. The maximum absolute atomic E-state index is 12.3. The lowest BCUT2D eigenvalue weighted by Crippen LogP contribution is -2.50. The number of carbonyl (C=O) groups excluding carboxylic acids is 1. The fourth-order valence-corrected chi connectivity index (χ4v) is 3.59. The van der Waals surface area contributed by atoms with Crippen LogP contribution in [-0.2, 0) is 0 Å². The molecule has 0 spiro atoms. The summed E-state index contributed by atoms with van der Waals surface area (Å²) in [6.45, 7) is 2.08. The molecule has 1 saturated carbocycles. The van der Waals surface area contributed by atoms with Gasteiger partial charge in [0.1, 0.15) is 4.88 Å². The summed E-state index contributed by atoms with van der Waals surface area (Å²) in [4.78, 5) is 12.9. The first kappa shape index (κ1) is 12.8. The molecule has 1 aromatic heterocycles. The van der Waals surface area contributed by atoms with E-state index in [2.05, 4.69) is 12.2 Å². The molecular formula is C14H15ClN2OS. The lowest BCUT2D eigenvalue weighted by molar-refractivity contribution is 0.0855. The van der Waals surface area contributed by atoms with Crippen LogP contribution in [0.5, 0.6) is 0 Å². The van der Waals surface area contributed by atoms with Gasteiger partial charge in [0.05, 0.1) is 5.69 Å². The summed E-state index contributed by atoms with van der Waals surface area (Å²) in [5.41, 5.74) is 6.55. The molecule has 2 aromatic rings. The first-order valence-corrected chi connectivity index (χ1v) is 7.48. The molecule has 0 saturated heterocycles. The topological polar surface area (TPSA) is 55.1 Å². The van der Waals surface area contributed by atoms with Gasteiger partial charge in [-0.1, -0.05) is 11.6 Å². The van der Waals surface area contributed by atoms with Crippen molar-refractivity contribution in [3.63, 3.8) is 0 Å². The molecule has 3 nitrogen and oxygen atoms in total. The molecule has 1 aromatic carbocycles. The molecule has 0 radical (unpaired) electrons. The Morgan fingerprint density at radius 2 is 2.21 bits per heavy atom. The van der Waals surface area contributed by atoms with Crippen molar-refractivity contribution in [2.75, 3.05) is 5.73 Å². The number of thiophene rings is 1. The molecule has 3 N–H and O–H groups in total. The van der Waals surface area contributed by atoms with Crippen LogP contribution >= 0.6 is 22.9 Å². The number of amides is 1. The quantitative estimate of drug-likeness (QED) is 0.885. The largest absolute Gasteiger partial charge is 0.397 e. The molecule has 3 rings (SSSR count). The van der Waals surface area contributed by atoms with Crippen LogP contribution in [0.2, 0.25) is 5.02 Å². The zero-order valence-corrected chi connectivity index (χ0v) is 12.2. The van der Waals surface area contributed by atoms with Crippen LogP contribution in [0, 0.1) is 0 Å². The third-order valence-electron chi connectivity index (χ3n) is 3.77. The van der Waals surface area contributed by atoms with E-state index < -0.39 is 0 Å². The minimum absolute atomic E-state index is 0.0582. The Morgan fingerprint density at radius 3 is 2.84 bits per heavy atom. The molecule has 1 aliphatic carbocycles. The monoisotopic (exact) mass is 294 g/mol. The van der Waals surface area contributed by atoms with E-state index in [1.807, 2.05) is 18.2 Å². The van der Waals surface area contributed by atoms with Crippen molar-refractivity contribution >= 4 is 44.6 Å². The van der Waals surface area contributed by atoms with Gasteiger partial charge in [0, 0.05) is 20.6 Å². The molecule has 1 fully saturated rings. The molecule has 1 aliphatic rings. The second-order valence-electron chi connectivity index (χ2n) is 5.35. The lowest BCUT2D eigenvalue weighted by atomic mass is 9.78. The highest BCUT2D eigenvalue weighted by atomic mass is 35.5. The molecule has 0 aliphatic heterocycles. The van der Waals surface area contributed by atoms with E-state index in [1.165, 1.54) is 17.8 Å². The van der Waals surface area contributed by atoms with Crippen LogP contribution in [0.4, 0.5) is 5.69 Å². The molecule has 19 heavy (non-hydrogen) atoms. The van der Waals surface area contributed by atoms with E-state index in [0.717, 1.165) is 22.9 Å². The van der Waals surface area contributed by atoms with Crippen molar-refractivity contribution in [2.45, 2.75) is 31.7 Å². The van der Waals surface area contributed by atoms with Crippen LogP contribution < -0.4 is 11.1 Å². The maximum atomic E-state index is 12.3. The number of carbonyl (C=O) groups is 1. The van der Waals surface area contributed by atoms with E-state index >= 15 is 0 Å². The fourth-order valence-electron chi connectivity index (χ4n) is 2.42. The van der Waals surface area contributed by atoms with Crippen molar-refractivity contribution in [1.29, 1.82) is 0 Å². The highest BCUT2D eigenvalue weighted by Crippen LogP contribution is 2.37. The van der Waals surface area contributed by atoms with Crippen LogP contribution in [0.1, 0.15) is 35.9 Å². The Balaban J connectivity index is 1.96. The van der Waals surface area contributed by atoms with Gasteiger partial charge in [-0.05, 0) is 44.4 Å². The number of halogens is 1. The Morgan fingerprint density at radius 1 is 1.47 bits per heavy atom. The number of nitrogens with two attached hydrogens (primary N) is 1. The number of hydrogen-bond acceptors (Lipinski definition) is 3. The van der Waals surface area contributed by atoms with Crippen molar-refractivity contribution in [3.05, 3.63) is 28.1 Å². The number of rotatable bonds is 2. The highest BCUT2D eigenvalue weighted by molar-refractivity contribution is 7.21. The highest BCUT2D eigenvalue weighted by Gasteiger charge is 2.34. The maximum Gasteiger partial charge on any atom is 0.263 e. The third-order valence-corrected chi connectivity index (χ3v) is 5.19. The Kier molecular flexibility index (Phi) is 2.95. The predicted octanol–water partition coefficient (Wildman–Crippen LogP) is 3.81. The summed E-state index contributed by atoms with van der Waals surface area (Å²) in [6, 6.07) is 5.53. The van der Waals surface area contributed by atoms with Gasteiger partial charge >= 0.3 is 0 Å². The van der Waals surface area contributed by atoms with Crippen LogP contribution in [0.3, 0.4) is 0 Å². The minimum atomic E-state index is -0.0722. The number of fused-ring (bicyclic) bond motifs is 1. The molecule has 0 unspecified atom stereocenters. The molecule has 0 bridgehead atoms. The standard InChI is InChI=1S/C14H15ClN2OS/c1-14(5-2-6-14)17-13(18)12-11(16)9-7-8(15)3-4-10(9)19-12/h3-4,7H,2,5-6,16H2,1H3,(H,17,18). The second kappa shape index (κ2) is 4.39. The first-order chi connectivity index (χ1) is 8.98. The van der Waals surface area contributed by atoms with Gasteiger partial charge in [-0.2, -0.15) is 0 Å². The summed E-state index contributed by atoms with van der Waals surface area (Å²) >= 11 is 7.39. The molecule has 100 valence electrons. The van der Waals surface area contributed by atoms with Crippen molar-refractivity contribution in [1.82, 2.24) is 5.32 Å². The molecule has 5 heteroatoms. The van der Waals surface area contributed by atoms with Gasteiger partial charge in [-0.3, -0.25) is 4.79 Å². The zero-order valence-electron chi connectivity index (χ0n) is 10.6. The fraction of sp³-hybridized carbons (Fsp3) is 0.357. The summed E-state index contributed by atoms with van der Waals surface area (Å²) in [5, 5.41) is 4.58. The van der Waals surface area contributed by atoms with Gasteiger partial charge in [-0.15, -0.1) is 11.3 Å². The Bertz CT molecular complexity index is 661. The number of hydrogen-bond donors (Lipinski definition) is 2. The van der Waals surface area contributed by atoms with Gasteiger partial charge < -0.3 is 11.1 Å². The lowest BCUT2D eigenvalue weighted by Gasteiger charge is -2.39. The molecule has 1 heterocycles. The SMILES string of the molecule is CC1(NC(=O)c2sc3ccc(Cl)cc3c2N)CCC1. The Labute approximate surface area is 120 Å². The van der Waals surface area contributed by atoms with E-state index in [4.69, 9.17) is 17.3 Å². The Hall–Kier alpha value is -1.26. The number of nitrogens with one attached hydrogen (secondary N) is 1. The molecular weight excluding hydrogens is 280 g/mol. The van der Waals surface area contributed by atoms with E-state index in [0.29, 0.717) is 15.6 Å². The van der Waals surface area contributed by atoms with Gasteiger partial charge in [0.2, 0.25) is 0 Å². The van der Waals surface area contributed by atoms with Crippen LogP contribution in [-0.4, -0.2) is 11.4 Å². The van der Waals surface area contributed by atoms with Crippen molar-refractivity contribution in [3.8, 4) is 0 Å². The van der Waals surface area contributed by atoms with E-state index in [-0.39, 0.29) is 11.4 Å². The molecule has 1 amide bonds. The molecule has 0 atom stereocenters. The van der Waals surface area contributed by atoms with Gasteiger partial charge in [0.15, 0.2) is 0 Å². The number of nitrogen functional groups attached to an aromatic ring is 1. The van der Waals surface area contributed by atoms with E-state index in [1.54, 1.807) is 0 Å². The van der Waals surface area contributed by atoms with Gasteiger partial charge in [-0.25, -0.2) is 0 Å². The smallest absolute Gasteiger partial charge is 0.263 e.